The van der Waals surface area contributed by atoms with E-state index in [-0.39, 0.29) is 12.5 Å². The maximum absolute atomic E-state index is 10.8. The fourth-order valence-electron chi connectivity index (χ4n) is 2.18. The van der Waals surface area contributed by atoms with E-state index in [1.165, 1.54) is 17.7 Å². The van der Waals surface area contributed by atoms with Crippen LogP contribution in [-0.4, -0.2) is 15.7 Å². The van der Waals surface area contributed by atoms with Crippen molar-refractivity contribution in [3.8, 4) is 0 Å². The lowest BCUT2D eigenvalue weighted by Crippen LogP contribution is -2.18. The van der Waals surface area contributed by atoms with E-state index in [0.717, 1.165) is 5.69 Å². The second kappa shape index (κ2) is 5.05. The van der Waals surface area contributed by atoms with Gasteiger partial charge in [0.05, 0.1) is 17.9 Å². The van der Waals surface area contributed by atoms with E-state index in [9.17, 15) is 4.79 Å². The zero-order chi connectivity index (χ0) is 13.2. The number of carbonyl (C=O) groups excluding carboxylic acids is 1. The van der Waals surface area contributed by atoms with Gasteiger partial charge in [0.25, 0.3) is 0 Å². The van der Waals surface area contributed by atoms with Gasteiger partial charge < -0.3 is 11.1 Å². The maximum Gasteiger partial charge on any atom is 0.239 e. The zero-order valence-electron chi connectivity index (χ0n) is 10.5. The molecule has 0 saturated heterocycles. The summed E-state index contributed by atoms with van der Waals surface area (Å²) in [6.45, 7) is 0.120. The van der Waals surface area contributed by atoms with Crippen molar-refractivity contribution in [1.82, 2.24) is 9.78 Å². The van der Waals surface area contributed by atoms with Crippen LogP contribution in [0.2, 0.25) is 0 Å². The van der Waals surface area contributed by atoms with Gasteiger partial charge in [-0.25, -0.2) is 0 Å². The van der Waals surface area contributed by atoms with Crippen molar-refractivity contribution in [3.05, 3.63) is 34.8 Å². The molecule has 1 saturated carbocycles. The number of nitrogens with one attached hydrogen (secondary N) is 1. The minimum Gasteiger partial charge on any atom is -0.375 e. The Hall–Kier alpha value is -1.82. The normalized spacial score (nSPS) is 16.2. The molecule has 3 rings (SSSR count). The van der Waals surface area contributed by atoms with Crippen molar-refractivity contribution < 1.29 is 4.79 Å². The van der Waals surface area contributed by atoms with Crippen LogP contribution in [0.1, 0.15) is 23.8 Å². The quantitative estimate of drug-likeness (QED) is 0.847. The highest BCUT2D eigenvalue weighted by molar-refractivity contribution is 7.10. The molecule has 2 aromatic heterocycles. The molecule has 3 N–H and O–H groups in total. The highest BCUT2D eigenvalue weighted by atomic mass is 32.1. The molecule has 1 aliphatic carbocycles. The summed E-state index contributed by atoms with van der Waals surface area (Å²) in [4.78, 5) is 12.2. The van der Waals surface area contributed by atoms with Crippen LogP contribution in [0.15, 0.2) is 29.9 Å². The molecule has 5 nitrogen and oxygen atoms in total. The lowest BCUT2D eigenvalue weighted by atomic mass is 10.1. The second-order valence-corrected chi connectivity index (χ2v) is 5.85. The Morgan fingerprint density at radius 3 is 3.11 bits per heavy atom. The van der Waals surface area contributed by atoms with Crippen molar-refractivity contribution in [2.45, 2.75) is 25.4 Å². The Labute approximate surface area is 115 Å². The van der Waals surface area contributed by atoms with Crippen LogP contribution < -0.4 is 11.1 Å². The van der Waals surface area contributed by atoms with Gasteiger partial charge in [-0.15, -0.1) is 11.3 Å². The standard InChI is InChI=1S/C13H16N4OS/c14-12(18)8-17-7-10(6-15-17)16-13(9-3-4-9)11-2-1-5-19-11/h1-2,5-7,9,13,16H,3-4,8H2,(H2,14,18). The molecule has 100 valence electrons. The number of primary amides is 1. The Morgan fingerprint density at radius 1 is 1.63 bits per heavy atom. The van der Waals surface area contributed by atoms with Crippen LogP contribution in [-0.2, 0) is 11.3 Å². The molecule has 1 amide bonds. The van der Waals surface area contributed by atoms with Crippen molar-refractivity contribution in [3.63, 3.8) is 0 Å². The SMILES string of the molecule is NC(=O)Cn1cc(NC(c2cccs2)C2CC2)cn1. The number of thiophene rings is 1. The Morgan fingerprint density at radius 2 is 2.47 bits per heavy atom. The molecule has 0 aromatic carbocycles. The zero-order valence-corrected chi connectivity index (χ0v) is 11.3. The topological polar surface area (TPSA) is 72.9 Å². The van der Waals surface area contributed by atoms with E-state index < -0.39 is 0 Å². The fourth-order valence-corrected chi connectivity index (χ4v) is 3.05. The van der Waals surface area contributed by atoms with Gasteiger partial charge in [0.1, 0.15) is 6.54 Å². The average Bonchev–Trinajstić information content (AvgIpc) is 2.88. The lowest BCUT2D eigenvalue weighted by Gasteiger charge is -2.16. The van der Waals surface area contributed by atoms with E-state index in [1.807, 2.05) is 6.20 Å². The molecule has 1 atom stereocenters. The molecule has 0 bridgehead atoms. The summed E-state index contributed by atoms with van der Waals surface area (Å²) < 4.78 is 1.56. The number of nitrogens with two attached hydrogens (primary N) is 1. The van der Waals surface area contributed by atoms with Crippen LogP contribution in [0.4, 0.5) is 5.69 Å². The van der Waals surface area contributed by atoms with Crippen LogP contribution >= 0.6 is 11.3 Å². The fraction of sp³-hybridized carbons (Fsp3) is 0.385. The molecule has 19 heavy (non-hydrogen) atoms. The van der Waals surface area contributed by atoms with Crippen molar-refractivity contribution in [1.29, 1.82) is 0 Å². The van der Waals surface area contributed by atoms with E-state index in [4.69, 9.17) is 5.73 Å². The third-order valence-electron chi connectivity index (χ3n) is 3.22. The Kier molecular flexibility index (Phi) is 3.25. The lowest BCUT2D eigenvalue weighted by molar-refractivity contribution is -0.118. The minimum absolute atomic E-state index is 0.120. The largest absolute Gasteiger partial charge is 0.375 e. The number of anilines is 1. The van der Waals surface area contributed by atoms with Gasteiger partial charge in [-0.05, 0) is 30.2 Å². The van der Waals surface area contributed by atoms with Gasteiger partial charge in [0.15, 0.2) is 0 Å². The highest BCUT2D eigenvalue weighted by Gasteiger charge is 2.33. The molecule has 2 aromatic rings. The number of hydrogen-bond donors (Lipinski definition) is 2. The smallest absolute Gasteiger partial charge is 0.239 e. The highest BCUT2D eigenvalue weighted by Crippen LogP contribution is 2.44. The minimum atomic E-state index is -0.383. The molecular weight excluding hydrogens is 260 g/mol. The number of nitrogens with zero attached hydrogens (tertiary/aromatic N) is 2. The monoisotopic (exact) mass is 276 g/mol. The third kappa shape index (κ3) is 2.96. The average molecular weight is 276 g/mol. The van der Waals surface area contributed by atoms with Crippen molar-refractivity contribution in [2.75, 3.05) is 5.32 Å². The third-order valence-corrected chi connectivity index (χ3v) is 4.17. The summed E-state index contributed by atoms with van der Waals surface area (Å²) in [6.07, 6.45) is 6.11. The Bertz CT molecular complexity index is 559. The Balaban J connectivity index is 1.71. The predicted octanol–water partition coefficient (Wildman–Crippen LogP) is 1.99. The van der Waals surface area contributed by atoms with E-state index in [2.05, 4.69) is 27.9 Å². The maximum atomic E-state index is 10.8. The summed E-state index contributed by atoms with van der Waals surface area (Å²) in [5, 5.41) is 9.74. The molecule has 1 aliphatic rings. The molecule has 2 heterocycles. The first-order chi connectivity index (χ1) is 9.22. The first-order valence-electron chi connectivity index (χ1n) is 6.33. The summed E-state index contributed by atoms with van der Waals surface area (Å²) in [5.74, 6) is 0.324. The van der Waals surface area contributed by atoms with Crippen LogP contribution in [0.5, 0.6) is 0 Å². The molecule has 0 aliphatic heterocycles. The van der Waals surface area contributed by atoms with Crippen LogP contribution in [0.25, 0.3) is 0 Å². The van der Waals surface area contributed by atoms with Gasteiger partial charge in [-0.3, -0.25) is 9.48 Å². The van der Waals surface area contributed by atoms with Crippen molar-refractivity contribution in [2.24, 2.45) is 11.7 Å². The van der Waals surface area contributed by atoms with Gasteiger partial charge in [0.2, 0.25) is 5.91 Å². The van der Waals surface area contributed by atoms with Gasteiger partial charge >= 0.3 is 0 Å². The van der Waals surface area contributed by atoms with Gasteiger partial charge in [0, 0.05) is 11.1 Å². The summed E-state index contributed by atoms with van der Waals surface area (Å²) in [6, 6.07) is 4.59. The summed E-state index contributed by atoms with van der Waals surface area (Å²) >= 11 is 1.77. The van der Waals surface area contributed by atoms with Crippen LogP contribution in [0.3, 0.4) is 0 Å². The second-order valence-electron chi connectivity index (χ2n) is 4.87. The predicted molar refractivity (Wildman–Crippen MR) is 74.8 cm³/mol. The first-order valence-corrected chi connectivity index (χ1v) is 7.21. The molecule has 6 heteroatoms. The summed E-state index contributed by atoms with van der Waals surface area (Å²) in [5.41, 5.74) is 6.09. The van der Waals surface area contributed by atoms with E-state index in [0.29, 0.717) is 12.0 Å². The number of amides is 1. The summed E-state index contributed by atoms with van der Waals surface area (Å²) in [7, 11) is 0. The van der Waals surface area contributed by atoms with E-state index >= 15 is 0 Å². The molecule has 0 spiro atoms. The first kappa shape index (κ1) is 12.2. The molecule has 1 fully saturated rings. The van der Waals surface area contributed by atoms with E-state index in [1.54, 1.807) is 22.2 Å². The number of hydrogen-bond acceptors (Lipinski definition) is 4. The molecular formula is C13H16N4OS. The van der Waals surface area contributed by atoms with Crippen LogP contribution in [0, 0.1) is 5.92 Å². The van der Waals surface area contributed by atoms with Crippen molar-refractivity contribution >= 4 is 22.9 Å². The number of carbonyl (C=O) groups is 1. The number of aromatic nitrogens is 2. The molecule has 0 radical (unpaired) electrons. The number of rotatable bonds is 6. The van der Waals surface area contributed by atoms with Gasteiger partial charge in [-0.1, -0.05) is 6.07 Å². The van der Waals surface area contributed by atoms with Gasteiger partial charge in [-0.2, -0.15) is 5.10 Å². The molecule has 1 unspecified atom stereocenters.